The molecular weight excluding hydrogens is 244 g/mol. The van der Waals surface area contributed by atoms with Crippen molar-refractivity contribution in [1.29, 1.82) is 0 Å². The van der Waals surface area contributed by atoms with Crippen molar-refractivity contribution in [1.82, 2.24) is 10.2 Å². The van der Waals surface area contributed by atoms with Crippen molar-refractivity contribution in [3.8, 4) is 0 Å². The molecule has 2 atom stereocenters. The standard InChI is InChI=1S/C18H28N2/c1-14(2)18-12-19-17(15-8-4-3-5-9-15)13-20(18)16-10-6-7-11-16/h3-5,8-9,14,16-19H,6-7,10-13H2,1-2H3. The monoisotopic (exact) mass is 272 g/mol. The first-order chi connectivity index (χ1) is 9.75. The molecule has 2 unspecified atom stereocenters. The Balaban J connectivity index is 1.75. The predicted octanol–water partition coefficient (Wildman–Crippen LogP) is 3.60. The van der Waals surface area contributed by atoms with Gasteiger partial charge in [0.25, 0.3) is 0 Å². The van der Waals surface area contributed by atoms with Crippen molar-refractivity contribution < 1.29 is 0 Å². The van der Waals surface area contributed by atoms with E-state index in [1.165, 1.54) is 37.8 Å². The molecule has 1 aromatic carbocycles. The first-order valence-corrected chi connectivity index (χ1v) is 8.30. The molecule has 0 bridgehead atoms. The first-order valence-electron chi connectivity index (χ1n) is 8.30. The molecule has 1 N–H and O–H groups in total. The van der Waals surface area contributed by atoms with E-state index < -0.39 is 0 Å². The highest BCUT2D eigenvalue weighted by molar-refractivity contribution is 5.20. The van der Waals surface area contributed by atoms with Crippen LogP contribution < -0.4 is 5.32 Å². The van der Waals surface area contributed by atoms with Gasteiger partial charge in [-0.1, -0.05) is 57.0 Å². The van der Waals surface area contributed by atoms with Gasteiger partial charge in [0.1, 0.15) is 0 Å². The Labute approximate surface area is 123 Å². The number of benzene rings is 1. The minimum atomic E-state index is 0.506. The zero-order chi connectivity index (χ0) is 13.9. The summed E-state index contributed by atoms with van der Waals surface area (Å²) in [5.41, 5.74) is 1.44. The summed E-state index contributed by atoms with van der Waals surface area (Å²) in [7, 11) is 0. The Hall–Kier alpha value is -0.860. The minimum Gasteiger partial charge on any atom is -0.307 e. The third-order valence-electron chi connectivity index (χ3n) is 5.16. The Morgan fingerprint density at radius 3 is 2.45 bits per heavy atom. The van der Waals surface area contributed by atoms with Crippen LogP contribution in [-0.4, -0.2) is 30.1 Å². The van der Waals surface area contributed by atoms with E-state index >= 15 is 0 Å². The molecule has 2 aliphatic rings. The van der Waals surface area contributed by atoms with Gasteiger partial charge in [0.2, 0.25) is 0 Å². The van der Waals surface area contributed by atoms with Crippen LogP contribution in [0, 0.1) is 5.92 Å². The van der Waals surface area contributed by atoms with E-state index in [4.69, 9.17) is 0 Å². The fourth-order valence-electron chi connectivity index (χ4n) is 3.97. The van der Waals surface area contributed by atoms with Crippen molar-refractivity contribution in [3.63, 3.8) is 0 Å². The van der Waals surface area contributed by atoms with Crippen molar-refractivity contribution in [2.75, 3.05) is 13.1 Å². The summed E-state index contributed by atoms with van der Waals surface area (Å²) in [4.78, 5) is 2.83. The number of rotatable bonds is 3. The number of nitrogens with zero attached hydrogens (tertiary/aromatic N) is 1. The maximum atomic E-state index is 3.78. The molecule has 1 aliphatic carbocycles. The molecule has 110 valence electrons. The molecule has 2 fully saturated rings. The van der Waals surface area contributed by atoms with Crippen molar-refractivity contribution in [2.45, 2.75) is 57.7 Å². The molecule has 0 radical (unpaired) electrons. The van der Waals surface area contributed by atoms with Crippen LogP contribution in [0.15, 0.2) is 30.3 Å². The van der Waals surface area contributed by atoms with E-state index in [-0.39, 0.29) is 0 Å². The van der Waals surface area contributed by atoms with E-state index in [1.807, 2.05) is 0 Å². The lowest BCUT2D eigenvalue weighted by atomic mass is 9.93. The van der Waals surface area contributed by atoms with Gasteiger partial charge in [0.15, 0.2) is 0 Å². The molecule has 1 aromatic rings. The van der Waals surface area contributed by atoms with E-state index in [1.54, 1.807) is 0 Å². The molecule has 0 aromatic heterocycles. The van der Waals surface area contributed by atoms with Crippen LogP contribution in [0.5, 0.6) is 0 Å². The maximum Gasteiger partial charge on any atom is 0.0450 e. The van der Waals surface area contributed by atoms with Gasteiger partial charge in [0, 0.05) is 31.2 Å². The summed E-state index contributed by atoms with van der Waals surface area (Å²) in [5, 5.41) is 3.78. The molecule has 20 heavy (non-hydrogen) atoms. The largest absolute Gasteiger partial charge is 0.307 e. The van der Waals surface area contributed by atoms with Crippen LogP contribution in [0.25, 0.3) is 0 Å². The summed E-state index contributed by atoms with van der Waals surface area (Å²) in [6, 6.07) is 13.0. The molecule has 2 heteroatoms. The Kier molecular flexibility index (Phi) is 4.42. The number of nitrogens with one attached hydrogen (secondary N) is 1. The molecule has 3 rings (SSSR count). The molecule has 2 nitrogen and oxygen atoms in total. The fourth-order valence-corrected chi connectivity index (χ4v) is 3.97. The first kappa shape index (κ1) is 14.1. The van der Waals surface area contributed by atoms with Crippen molar-refractivity contribution in [3.05, 3.63) is 35.9 Å². The summed E-state index contributed by atoms with van der Waals surface area (Å²) >= 11 is 0. The Morgan fingerprint density at radius 2 is 1.80 bits per heavy atom. The van der Waals surface area contributed by atoms with Gasteiger partial charge in [-0.15, -0.1) is 0 Å². The zero-order valence-electron chi connectivity index (χ0n) is 12.9. The second kappa shape index (κ2) is 6.28. The van der Waals surface area contributed by atoms with E-state index in [0.717, 1.165) is 18.5 Å². The fraction of sp³-hybridized carbons (Fsp3) is 0.667. The highest BCUT2D eigenvalue weighted by Crippen LogP contribution is 2.31. The highest BCUT2D eigenvalue weighted by atomic mass is 15.3. The van der Waals surface area contributed by atoms with Gasteiger partial charge in [0.05, 0.1) is 0 Å². The average molecular weight is 272 g/mol. The quantitative estimate of drug-likeness (QED) is 0.904. The smallest absolute Gasteiger partial charge is 0.0450 e. The SMILES string of the molecule is CC(C)C1CNC(c2ccccc2)CN1C1CCCC1. The Morgan fingerprint density at radius 1 is 1.10 bits per heavy atom. The minimum absolute atomic E-state index is 0.506. The van der Waals surface area contributed by atoms with E-state index in [9.17, 15) is 0 Å². The van der Waals surface area contributed by atoms with Crippen LogP contribution in [-0.2, 0) is 0 Å². The second-order valence-corrected chi connectivity index (χ2v) is 6.82. The topological polar surface area (TPSA) is 15.3 Å². The third kappa shape index (κ3) is 2.91. The number of hydrogen-bond donors (Lipinski definition) is 1. The van der Waals surface area contributed by atoms with Gasteiger partial charge in [-0.2, -0.15) is 0 Å². The molecular formula is C18H28N2. The highest BCUT2D eigenvalue weighted by Gasteiger charge is 2.35. The number of piperazine rings is 1. The van der Waals surface area contributed by atoms with E-state index in [2.05, 4.69) is 54.4 Å². The van der Waals surface area contributed by atoms with Gasteiger partial charge in [-0.05, 0) is 24.3 Å². The molecule has 1 saturated heterocycles. The second-order valence-electron chi connectivity index (χ2n) is 6.82. The normalized spacial score (nSPS) is 29.1. The lowest BCUT2D eigenvalue weighted by Gasteiger charge is -2.45. The van der Waals surface area contributed by atoms with Gasteiger partial charge < -0.3 is 5.32 Å². The van der Waals surface area contributed by atoms with E-state index in [0.29, 0.717) is 12.1 Å². The molecule has 1 heterocycles. The maximum absolute atomic E-state index is 3.78. The predicted molar refractivity (Wildman–Crippen MR) is 84.8 cm³/mol. The summed E-state index contributed by atoms with van der Waals surface area (Å²) in [6.45, 7) is 7.06. The van der Waals surface area contributed by atoms with Gasteiger partial charge in [-0.3, -0.25) is 4.90 Å². The lowest BCUT2D eigenvalue weighted by molar-refractivity contribution is 0.0575. The Bertz CT molecular complexity index is 409. The average Bonchev–Trinajstić information content (AvgIpc) is 3.01. The molecule has 0 spiro atoms. The summed E-state index contributed by atoms with van der Waals surface area (Å²) in [6.07, 6.45) is 5.67. The molecule has 1 aliphatic heterocycles. The van der Waals surface area contributed by atoms with Gasteiger partial charge in [-0.25, -0.2) is 0 Å². The summed E-state index contributed by atoms with van der Waals surface area (Å²) in [5.74, 6) is 0.736. The zero-order valence-corrected chi connectivity index (χ0v) is 12.9. The lowest BCUT2D eigenvalue weighted by Crippen LogP contribution is -2.57. The molecule has 1 saturated carbocycles. The van der Waals surface area contributed by atoms with Crippen LogP contribution >= 0.6 is 0 Å². The van der Waals surface area contributed by atoms with Crippen molar-refractivity contribution >= 4 is 0 Å². The van der Waals surface area contributed by atoms with Crippen LogP contribution in [0.4, 0.5) is 0 Å². The van der Waals surface area contributed by atoms with Crippen LogP contribution in [0.2, 0.25) is 0 Å². The van der Waals surface area contributed by atoms with Crippen LogP contribution in [0.3, 0.4) is 0 Å². The summed E-state index contributed by atoms with van der Waals surface area (Å²) < 4.78 is 0. The van der Waals surface area contributed by atoms with Crippen LogP contribution in [0.1, 0.15) is 51.1 Å². The molecule has 0 amide bonds. The van der Waals surface area contributed by atoms with Gasteiger partial charge >= 0.3 is 0 Å². The third-order valence-corrected chi connectivity index (χ3v) is 5.16. The number of hydrogen-bond acceptors (Lipinski definition) is 2. The van der Waals surface area contributed by atoms with Crippen molar-refractivity contribution in [2.24, 2.45) is 5.92 Å².